The molecule has 0 aromatic carbocycles. The molecule has 6 heteroatoms. The van der Waals surface area contributed by atoms with E-state index in [9.17, 15) is 4.79 Å². The van der Waals surface area contributed by atoms with Gasteiger partial charge >= 0.3 is 5.97 Å². The van der Waals surface area contributed by atoms with Crippen LogP contribution in [-0.2, 0) is 11.2 Å². The van der Waals surface area contributed by atoms with Crippen molar-refractivity contribution < 1.29 is 9.53 Å². The zero-order valence-electron chi connectivity index (χ0n) is 10.4. The number of nitrogens with zero attached hydrogens (tertiary/aromatic N) is 3. The first-order valence-corrected chi connectivity index (χ1v) is 6.36. The SMILES string of the molecule is CCCc1ccc2nc(C(=O)OCC)c(S)n2n1. The van der Waals surface area contributed by atoms with Crippen molar-refractivity contribution in [1.29, 1.82) is 0 Å². The van der Waals surface area contributed by atoms with Crippen LogP contribution >= 0.6 is 12.6 Å². The molecule has 0 fully saturated rings. The molecular formula is C12H15N3O2S. The lowest BCUT2D eigenvalue weighted by atomic mass is 10.2. The number of aromatic nitrogens is 3. The normalized spacial score (nSPS) is 10.8. The van der Waals surface area contributed by atoms with Crippen LogP contribution in [0.3, 0.4) is 0 Å². The van der Waals surface area contributed by atoms with E-state index in [1.807, 2.05) is 12.1 Å². The molecule has 5 nitrogen and oxygen atoms in total. The third kappa shape index (κ3) is 2.33. The topological polar surface area (TPSA) is 56.5 Å². The number of hydrogen-bond donors (Lipinski definition) is 1. The quantitative estimate of drug-likeness (QED) is 0.680. The number of fused-ring (bicyclic) bond motifs is 1. The maximum atomic E-state index is 11.7. The molecule has 0 amide bonds. The van der Waals surface area contributed by atoms with Crippen LogP contribution in [0.4, 0.5) is 0 Å². The van der Waals surface area contributed by atoms with Crippen LogP contribution in [0.15, 0.2) is 17.2 Å². The van der Waals surface area contributed by atoms with Gasteiger partial charge in [-0.05, 0) is 25.5 Å². The summed E-state index contributed by atoms with van der Waals surface area (Å²) in [7, 11) is 0. The summed E-state index contributed by atoms with van der Waals surface area (Å²) < 4.78 is 6.49. The van der Waals surface area contributed by atoms with E-state index in [0.717, 1.165) is 18.5 Å². The predicted octanol–water partition coefficient (Wildman–Crippen LogP) is 2.15. The molecule has 2 aromatic rings. The van der Waals surface area contributed by atoms with Gasteiger partial charge in [-0.3, -0.25) is 0 Å². The van der Waals surface area contributed by atoms with Gasteiger partial charge in [0.1, 0.15) is 5.03 Å². The van der Waals surface area contributed by atoms with Gasteiger partial charge in [0.25, 0.3) is 0 Å². The van der Waals surface area contributed by atoms with E-state index >= 15 is 0 Å². The van der Waals surface area contributed by atoms with Gasteiger partial charge in [-0.2, -0.15) is 5.10 Å². The Labute approximate surface area is 111 Å². The molecule has 2 aromatic heterocycles. The first-order valence-electron chi connectivity index (χ1n) is 5.92. The van der Waals surface area contributed by atoms with Crippen molar-refractivity contribution in [2.75, 3.05) is 6.61 Å². The number of carbonyl (C=O) groups is 1. The lowest BCUT2D eigenvalue weighted by Gasteiger charge is -2.00. The molecule has 2 rings (SSSR count). The molecule has 0 saturated carbocycles. The number of carbonyl (C=O) groups excluding carboxylic acids is 1. The lowest BCUT2D eigenvalue weighted by Crippen LogP contribution is -2.06. The second kappa shape index (κ2) is 5.39. The summed E-state index contributed by atoms with van der Waals surface area (Å²) in [6.45, 7) is 4.16. The van der Waals surface area contributed by atoms with Crippen molar-refractivity contribution in [3.05, 3.63) is 23.5 Å². The number of esters is 1. The summed E-state index contributed by atoms with van der Waals surface area (Å²) in [4.78, 5) is 15.9. The summed E-state index contributed by atoms with van der Waals surface area (Å²) in [5.74, 6) is -0.468. The average molecular weight is 265 g/mol. The molecule has 2 heterocycles. The van der Waals surface area contributed by atoms with Gasteiger partial charge in [-0.1, -0.05) is 13.3 Å². The fraction of sp³-hybridized carbons (Fsp3) is 0.417. The van der Waals surface area contributed by atoms with Crippen molar-refractivity contribution in [2.24, 2.45) is 0 Å². The average Bonchev–Trinajstić information content (AvgIpc) is 2.68. The summed E-state index contributed by atoms with van der Waals surface area (Å²) >= 11 is 4.30. The number of aryl methyl sites for hydroxylation is 1. The minimum atomic E-state index is -0.468. The highest BCUT2D eigenvalue weighted by Gasteiger charge is 2.18. The fourth-order valence-electron chi connectivity index (χ4n) is 1.69. The highest BCUT2D eigenvalue weighted by atomic mass is 32.1. The van der Waals surface area contributed by atoms with Gasteiger partial charge in [-0.25, -0.2) is 14.3 Å². The second-order valence-corrected chi connectivity index (χ2v) is 4.27. The zero-order valence-corrected chi connectivity index (χ0v) is 11.3. The predicted molar refractivity (Wildman–Crippen MR) is 70.2 cm³/mol. The van der Waals surface area contributed by atoms with E-state index in [1.54, 1.807) is 11.4 Å². The third-order valence-electron chi connectivity index (χ3n) is 2.48. The van der Waals surface area contributed by atoms with Gasteiger partial charge in [0.15, 0.2) is 11.3 Å². The van der Waals surface area contributed by atoms with Crippen LogP contribution < -0.4 is 0 Å². The summed E-state index contributed by atoms with van der Waals surface area (Å²) in [5.41, 5.74) is 1.76. The maximum absolute atomic E-state index is 11.7. The Balaban J connectivity index is 2.46. The number of rotatable bonds is 4. The van der Waals surface area contributed by atoms with Crippen LogP contribution in [0.1, 0.15) is 36.5 Å². The van der Waals surface area contributed by atoms with Crippen molar-refractivity contribution in [1.82, 2.24) is 14.6 Å². The number of imidazole rings is 1. The molecule has 0 aliphatic carbocycles. The molecule has 96 valence electrons. The number of hydrogen-bond acceptors (Lipinski definition) is 5. The molecule has 0 aliphatic heterocycles. The minimum Gasteiger partial charge on any atom is -0.461 e. The summed E-state index contributed by atoms with van der Waals surface area (Å²) in [5, 5.41) is 4.82. The second-order valence-electron chi connectivity index (χ2n) is 3.85. The van der Waals surface area contributed by atoms with Gasteiger partial charge in [-0.15, -0.1) is 12.6 Å². The number of thiol groups is 1. The number of ether oxygens (including phenoxy) is 1. The monoisotopic (exact) mass is 265 g/mol. The smallest absolute Gasteiger partial charge is 0.359 e. The molecule has 0 N–H and O–H groups in total. The van der Waals surface area contributed by atoms with Crippen LogP contribution in [-0.4, -0.2) is 27.2 Å². The Morgan fingerprint density at radius 2 is 2.22 bits per heavy atom. The first-order chi connectivity index (χ1) is 8.67. The lowest BCUT2D eigenvalue weighted by molar-refractivity contribution is 0.0515. The van der Waals surface area contributed by atoms with Crippen molar-refractivity contribution >= 4 is 24.2 Å². The van der Waals surface area contributed by atoms with E-state index in [2.05, 4.69) is 29.6 Å². The van der Waals surface area contributed by atoms with Crippen molar-refractivity contribution in [3.8, 4) is 0 Å². The highest BCUT2D eigenvalue weighted by Crippen LogP contribution is 2.17. The molecule has 0 spiro atoms. The molecule has 0 saturated heterocycles. The Hall–Kier alpha value is -1.56. The Kier molecular flexibility index (Phi) is 3.86. The van der Waals surface area contributed by atoms with E-state index < -0.39 is 5.97 Å². The van der Waals surface area contributed by atoms with Crippen LogP contribution in [0.25, 0.3) is 5.65 Å². The highest BCUT2D eigenvalue weighted by molar-refractivity contribution is 7.80. The Morgan fingerprint density at radius 3 is 2.89 bits per heavy atom. The first kappa shape index (κ1) is 12.9. The minimum absolute atomic E-state index is 0.210. The van der Waals surface area contributed by atoms with Crippen molar-refractivity contribution in [2.45, 2.75) is 31.7 Å². The van der Waals surface area contributed by atoms with E-state index in [0.29, 0.717) is 17.3 Å². The van der Waals surface area contributed by atoms with E-state index in [-0.39, 0.29) is 5.69 Å². The molecule has 0 atom stereocenters. The Morgan fingerprint density at radius 1 is 1.44 bits per heavy atom. The molecule has 0 aliphatic rings. The maximum Gasteiger partial charge on any atom is 0.359 e. The van der Waals surface area contributed by atoms with E-state index in [1.165, 1.54) is 0 Å². The largest absolute Gasteiger partial charge is 0.461 e. The molecule has 0 bridgehead atoms. The summed E-state index contributed by atoms with van der Waals surface area (Å²) in [6.07, 6.45) is 1.90. The van der Waals surface area contributed by atoms with Gasteiger partial charge in [0.2, 0.25) is 0 Å². The van der Waals surface area contributed by atoms with Crippen LogP contribution in [0.2, 0.25) is 0 Å². The van der Waals surface area contributed by atoms with Crippen LogP contribution in [0, 0.1) is 0 Å². The standard InChI is InChI=1S/C12H15N3O2S/c1-3-5-8-6-7-9-13-10(12(16)17-4-2)11(18)15(9)14-8/h6-7,18H,3-5H2,1-2H3. The molecule has 18 heavy (non-hydrogen) atoms. The molecular weight excluding hydrogens is 250 g/mol. The zero-order chi connectivity index (χ0) is 13.1. The van der Waals surface area contributed by atoms with Crippen LogP contribution in [0.5, 0.6) is 0 Å². The fourth-order valence-corrected chi connectivity index (χ4v) is 1.97. The third-order valence-corrected chi connectivity index (χ3v) is 2.89. The van der Waals surface area contributed by atoms with Gasteiger partial charge in [0, 0.05) is 0 Å². The molecule has 0 unspecified atom stereocenters. The summed E-state index contributed by atoms with van der Waals surface area (Å²) in [6, 6.07) is 3.74. The van der Waals surface area contributed by atoms with Crippen molar-refractivity contribution in [3.63, 3.8) is 0 Å². The van der Waals surface area contributed by atoms with Gasteiger partial charge in [0.05, 0.1) is 12.3 Å². The molecule has 0 radical (unpaired) electrons. The van der Waals surface area contributed by atoms with E-state index in [4.69, 9.17) is 4.74 Å². The Bertz CT molecular complexity index is 580. The van der Waals surface area contributed by atoms with Gasteiger partial charge < -0.3 is 4.74 Å².